The van der Waals surface area contributed by atoms with Crippen LogP contribution in [-0.4, -0.2) is 29.8 Å². The van der Waals surface area contributed by atoms with E-state index in [9.17, 15) is 0 Å². The molecule has 0 aliphatic carbocycles. The number of aromatic nitrogens is 2. The number of thiophene rings is 1. The van der Waals surface area contributed by atoms with Gasteiger partial charge in [0, 0.05) is 12.5 Å². The maximum absolute atomic E-state index is 6.06. The van der Waals surface area contributed by atoms with Crippen molar-refractivity contribution < 1.29 is 9.47 Å². The fourth-order valence-corrected chi connectivity index (χ4v) is 2.51. The smallest absolute Gasteiger partial charge is 0.157 e. The number of hydrogen-bond acceptors (Lipinski definition) is 5. The third kappa shape index (κ3) is 3.13. The predicted octanol–water partition coefficient (Wildman–Crippen LogP) is 2.90. The number of ether oxygens (including phenoxy) is 2. The Bertz CT molecular complexity index is 503. The third-order valence-corrected chi connectivity index (χ3v) is 3.32. The number of halogens is 1. The van der Waals surface area contributed by atoms with Crippen LogP contribution in [0.25, 0.3) is 10.2 Å². The van der Waals surface area contributed by atoms with Crippen molar-refractivity contribution in [1.29, 1.82) is 0 Å². The molecule has 1 unspecified atom stereocenters. The van der Waals surface area contributed by atoms with Crippen LogP contribution in [0.5, 0.6) is 0 Å². The number of hydrogen-bond donors (Lipinski definition) is 0. The van der Waals surface area contributed by atoms with Crippen molar-refractivity contribution in [3.05, 3.63) is 22.4 Å². The van der Waals surface area contributed by atoms with Crippen LogP contribution >= 0.6 is 22.9 Å². The first-order valence-corrected chi connectivity index (χ1v) is 6.46. The van der Waals surface area contributed by atoms with Crippen molar-refractivity contribution >= 4 is 33.2 Å². The van der Waals surface area contributed by atoms with Crippen molar-refractivity contribution in [2.45, 2.75) is 19.6 Å². The average Bonchev–Trinajstić information content (AvgIpc) is 2.75. The highest BCUT2D eigenvalue weighted by Crippen LogP contribution is 2.24. The lowest BCUT2D eigenvalue weighted by atomic mass is 10.4. The lowest BCUT2D eigenvalue weighted by molar-refractivity contribution is -0.00260. The van der Waals surface area contributed by atoms with Crippen LogP contribution in [0.2, 0.25) is 5.15 Å². The molecule has 0 saturated heterocycles. The Hall–Kier alpha value is -0.750. The third-order valence-electron chi connectivity index (χ3n) is 2.22. The van der Waals surface area contributed by atoms with E-state index in [0.717, 1.165) is 10.2 Å². The monoisotopic (exact) mass is 272 g/mol. The summed E-state index contributed by atoms with van der Waals surface area (Å²) in [4.78, 5) is 9.48. The summed E-state index contributed by atoms with van der Waals surface area (Å²) in [6, 6.07) is 1.92. The Labute approximate surface area is 109 Å². The molecule has 0 amide bonds. The van der Waals surface area contributed by atoms with Crippen LogP contribution in [-0.2, 0) is 16.1 Å². The molecular weight excluding hydrogens is 260 g/mol. The van der Waals surface area contributed by atoms with Gasteiger partial charge in [-0.3, -0.25) is 0 Å². The molecule has 0 aliphatic rings. The summed E-state index contributed by atoms with van der Waals surface area (Å²) in [7, 11) is 1.64. The van der Waals surface area contributed by atoms with Crippen LogP contribution in [0, 0.1) is 0 Å². The Kier molecular flexibility index (Phi) is 4.28. The van der Waals surface area contributed by atoms with Gasteiger partial charge in [-0.05, 0) is 18.4 Å². The van der Waals surface area contributed by atoms with Gasteiger partial charge in [0.05, 0.1) is 12.7 Å². The normalized spacial score (nSPS) is 13.1. The van der Waals surface area contributed by atoms with Gasteiger partial charge in [-0.1, -0.05) is 11.6 Å². The molecule has 2 heterocycles. The highest BCUT2D eigenvalue weighted by molar-refractivity contribution is 7.16. The fraction of sp³-hybridized carbons (Fsp3) is 0.455. The summed E-state index contributed by atoms with van der Waals surface area (Å²) < 4.78 is 10.5. The Balaban J connectivity index is 2.08. The second-order valence-corrected chi connectivity index (χ2v) is 4.90. The molecule has 0 saturated carbocycles. The summed E-state index contributed by atoms with van der Waals surface area (Å²) in [5, 5.41) is 3.32. The van der Waals surface area contributed by atoms with E-state index in [1.54, 1.807) is 18.4 Å². The summed E-state index contributed by atoms with van der Waals surface area (Å²) in [6.07, 6.45) is 0.0152. The summed E-state index contributed by atoms with van der Waals surface area (Å²) >= 11 is 7.60. The zero-order chi connectivity index (χ0) is 12.3. The molecule has 17 heavy (non-hydrogen) atoms. The van der Waals surface area contributed by atoms with Crippen LogP contribution in [0.4, 0.5) is 0 Å². The zero-order valence-electron chi connectivity index (χ0n) is 9.64. The molecule has 0 aliphatic heterocycles. The fourth-order valence-electron chi connectivity index (χ4n) is 1.42. The van der Waals surface area contributed by atoms with Crippen molar-refractivity contribution in [3.8, 4) is 0 Å². The highest BCUT2D eigenvalue weighted by Gasteiger charge is 2.08. The van der Waals surface area contributed by atoms with Crippen LogP contribution in [0.1, 0.15) is 12.7 Å². The van der Waals surface area contributed by atoms with E-state index < -0.39 is 0 Å². The number of rotatable bonds is 5. The van der Waals surface area contributed by atoms with Crippen LogP contribution in [0.15, 0.2) is 11.4 Å². The molecule has 4 nitrogen and oxygen atoms in total. The Morgan fingerprint density at radius 1 is 1.47 bits per heavy atom. The highest BCUT2D eigenvalue weighted by atomic mass is 35.5. The first kappa shape index (κ1) is 12.7. The molecule has 92 valence electrons. The standard InChI is InChI=1S/C11H13ClN2O2S/c1-7(5-15-2)16-6-9-13-10(12)8-3-4-17-11(8)14-9/h3-4,7H,5-6H2,1-2H3. The van der Waals surface area contributed by atoms with Crippen molar-refractivity contribution in [2.75, 3.05) is 13.7 Å². The van der Waals surface area contributed by atoms with Gasteiger partial charge in [-0.25, -0.2) is 9.97 Å². The Morgan fingerprint density at radius 3 is 3.06 bits per heavy atom. The van der Waals surface area contributed by atoms with E-state index in [0.29, 0.717) is 24.2 Å². The molecule has 0 aromatic carbocycles. The average molecular weight is 273 g/mol. The lowest BCUT2D eigenvalue weighted by Gasteiger charge is -2.11. The SMILES string of the molecule is COCC(C)OCc1nc(Cl)c2ccsc2n1. The summed E-state index contributed by atoms with van der Waals surface area (Å²) in [6.45, 7) is 2.84. The largest absolute Gasteiger partial charge is 0.382 e. The molecule has 0 radical (unpaired) electrons. The van der Waals surface area contributed by atoms with E-state index in [-0.39, 0.29) is 6.10 Å². The van der Waals surface area contributed by atoms with Crippen molar-refractivity contribution in [1.82, 2.24) is 9.97 Å². The molecule has 0 fully saturated rings. The van der Waals surface area contributed by atoms with Crippen molar-refractivity contribution in [3.63, 3.8) is 0 Å². The molecular formula is C11H13ClN2O2S. The second kappa shape index (κ2) is 5.73. The molecule has 2 aromatic heterocycles. The van der Waals surface area contributed by atoms with Gasteiger partial charge in [0.2, 0.25) is 0 Å². The first-order chi connectivity index (χ1) is 8.20. The molecule has 0 N–H and O–H groups in total. The van der Waals surface area contributed by atoms with Crippen LogP contribution < -0.4 is 0 Å². The number of methoxy groups -OCH3 is 1. The van der Waals surface area contributed by atoms with Gasteiger partial charge in [0.15, 0.2) is 5.82 Å². The lowest BCUT2D eigenvalue weighted by Crippen LogP contribution is -2.15. The van der Waals surface area contributed by atoms with Gasteiger partial charge in [0.25, 0.3) is 0 Å². The van der Waals surface area contributed by atoms with E-state index in [1.165, 1.54) is 0 Å². The van der Waals surface area contributed by atoms with Gasteiger partial charge in [-0.2, -0.15) is 0 Å². The maximum Gasteiger partial charge on any atom is 0.157 e. The zero-order valence-corrected chi connectivity index (χ0v) is 11.2. The quantitative estimate of drug-likeness (QED) is 0.785. The van der Waals surface area contributed by atoms with Gasteiger partial charge in [0.1, 0.15) is 16.6 Å². The molecule has 1 atom stereocenters. The van der Waals surface area contributed by atoms with Crippen molar-refractivity contribution in [2.24, 2.45) is 0 Å². The van der Waals surface area contributed by atoms with E-state index in [1.807, 2.05) is 18.4 Å². The van der Waals surface area contributed by atoms with Crippen LogP contribution in [0.3, 0.4) is 0 Å². The molecule has 2 aromatic rings. The molecule has 0 spiro atoms. The number of nitrogens with zero attached hydrogens (tertiary/aromatic N) is 2. The predicted molar refractivity (Wildman–Crippen MR) is 68.6 cm³/mol. The van der Waals surface area contributed by atoms with Gasteiger partial charge >= 0.3 is 0 Å². The van der Waals surface area contributed by atoms with Gasteiger partial charge in [-0.15, -0.1) is 11.3 Å². The maximum atomic E-state index is 6.06. The van der Waals surface area contributed by atoms with E-state index >= 15 is 0 Å². The Morgan fingerprint density at radius 2 is 2.29 bits per heavy atom. The minimum absolute atomic E-state index is 0.0152. The van der Waals surface area contributed by atoms with E-state index in [2.05, 4.69) is 9.97 Å². The number of fused-ring (bicyclic) bond motifs is 1. The van der Waals surface area contributed by atoms with E-state index in [4.69, 9.17) is 21.1 Å². The topological polar surface area (TPSA) is 44.2 Å². The molecule has 2 rings (SSSR count). The minimum atomic E-state index is 0.0152. The molecule has 0 bridgehead atoms. The second-order valence-electron chi connectivity index (χ2n) is 3.65. The minimum Gasteiger partial charge on any atom is -0.382 e. The molecule has 6 heteroatoms. The summed E-state index contributed by atoms with van der Waals surface area (Å²) in [5.41, 5.74) is 0. The first-order valence-electron chi connectivity index (χ1n) is 5.21. The van der Waals surface area contributed by atoms with Gasteiger partial charge < -0.3 is 9.47 Å². The summed E-state index contributed by atoms with van der Waals surface area (Å²) in [5.74, 6) is 0.605.